The van der Waals surface area contributed by atoms with Gasteiger partial charge in [0.05, 0.1) is 4.47 Å². The van der Waals surface area contributed by atoms with Crippen LogP contribution in [0.3, 0.4) is 0 Å². The summed E-state index contributed by atoms with van der Waals surface area (Å²) in [5, 5.41) is 9.61. The van der Waals surface area contributed by atoms with Crippen LogP contribution in [0.5, 0.6) is 5.75 Å². The molecule has 0 heterocycles. The molecule has 0 atom stereocenters. The van der Waals surface area contributed by atoms with Crippen molar-refractivity contribution in [1.82, 2.24) is 0 Å². The first-order valence-corrected chi connectivity index (χ1v) is 4.63. The number of hydrogen-bond acceptors (Lipinski definition) is 2. The number of rotatable bonds is 2. The van der Waals surface area contributed by atoms with Crippen LogP contribution in [0, 0.1) is 6.92 Å². The van der Waals surface area contributed by atoms with Crippen LogP contribution in [-0.2, 0) is 6.42 Å². The summed E-state index contributed by atoms with van der Waals surface area (Å²) in [6.07, 6.45) is 0.719. The molecule has 0 amide bonds. The summed E-state index contributed by atoms with van der Waals surface area (Å²) in [5.74, 6) is 0.320. The Morgan fingerprint density at radius 2 is 2.17 bits per heavy atom. The molecule has 0 aliphatic heterocycles. The fraction of sp³-hybridized carbons (Fsp3) is 0.333. The number of phenols is 1. The molecule has 1 aromatic carbocycles. The van der Waals surface area contributed by atoms with E-state index >= 15 is 0 Å². The number of benzene rings is 1. The van der Waals surface area contributed by atoms with Crippen LogP contribution in [0.25, 0.3) is 0 Å². The lowest BCUT2D eigenvalue weighted by atomic mass is 10.0. The van der Waals surface area contributed by atoms with Crippen molar-refractivity contribution in [1.29, 1.82) is 0 Å². The molecule has 3 heteroatoms. The van der Waals surface area contributed by atoms with Gasteiger partial charge in [-0.05, 0) is 53.0 Å². The van der Waals surface area contributed by atoms with E-state index < -0.39 is 0 Å². The monoisotopic (exact) mass is 229 g/mol. The molecule has 0 aromatic heterocycles. The molecular weight excluding hydrogens is 218 g/mol. The van der Waals surface area contributed by atoms with Crippen molar-refractivity contribution in [3.05, 3.63) is 27.7 Å². The third-order valence-electron chi connectivity index (χ3n) is 1.86. The molecule has 0 saturated carbocycles. The highest BCUT2D eigenvalue weighted by atomic mass is 79.9. The van der Waals surface area contributed by atoms with Gasteiger partial charge < -0.3 is 10.8 Å². The van der Waals surface area contributed by atoms with Crippen LogP contribution in [0.1, 0.15) is 11.1 Å². The highest BCUT2D eigenvalue weighted by Gasteiger charge is 2.06. The zero-order valence-electron chi connectivity index (χ0n) is 6.97. The first kappa shape index (κ1) is 9.55. The second-order valence-electron chi connectivity index (χ2n) is 2.73. The fourth-order valence-corrected chi connectivity index (χ4v) is 1.54. The summed E-state index contributed by atoms with van der Waals surface area (Å²) < 4.78 is 0.733. The van der Waals surface area contributed by atoms with E-state index in [1.54, 1.807) is 0 Å². The normalized spacial score (nSPS) is 10.2. The molecule has 1 aromatic rings. The minimum atomic E-state index is 0.320. The molecule has 12 heavy (non-hydrogen) atoms. The Kier molecular flexibility index (Phi) is 3.12. The van der Waals surface area contributed by atoms with E-state index in [-0.39, 0.29) is 0 Å². The molecule has 2 nitrogen and oxygen atoms in total. The lowest BCUT2D eigenvalue weighted by Crippen LogP contribution is -2.04. The highest BCUT2D eigenvalue weighted by molar-refractivity contribution is 9.10. The Morgan fingerprint density at radius 3 is 2.75 bits per heavy atom. The maximum absolute atomic E-state index is 9.61. The number of halogens is 1. The van der Waals surface area contributed by atoms with Crippen LogP contribution >= 0.6 is 15.9 Å². The Labute approximate surface area is 80.5 Å². The number of nitrogens with two attached hydrogens (primary N) is 1. The largest absolute Gasteiger partial charge is 0.506 e. The average Bonchev–Trinajstić information content (AvgIpc) is 2.06. The molecule has 0 unspecified atom stereocenters. The maximum Gasteiger partial charge on any atom is 0.133 e. The minimum Gasteiger partial charge on any atom is -0.506 e. The van der Waals surface area contributed by atoms with Crippen molar-refractivity contribution in [2.75, 3.05) is 6.54 Å². The van der Waals surface area contributed by atoms with Crippen LogP contribution in [0.4, 0.5) is 0 Å². The molecule has 66 valence electrons. The quantitative estimate of drug-likeness (QED) is 0.815. The van der Waals surface area contributed by atoms with Crippen LogP contribution in [-0.4, -0.2) is 11.7 Å². The Balaban J connectivity index is 3.14. The lowest BCUT2D eigenvalue weighted by molar-refractivity contribution is 0.464. The van der Waals surface area contributed by atoms with Gasteiger partial charge in [0.25, 0.3) is 0 Å². The van der Waals surface area contributed by atoms with Crippen molar-refractivity contribution in [3.8, 4) is 5.75 Å². The van der Waals surface area contributed by atoms with Crippen LogP contribution in [0.15, 0.2) is 16.6 Å². The molecule has 0 radical (unpaired) electrons. The van der Waals surface area contributed by atoms with E-state index in [0.717, 1.165) is 22.0 Å². The Morgan fingerprint density at radius 1 is 1.50 bits per heavy atom. The molecule has 0 spiro atoms. The SMILES string of the molecule is Cc1ccc(Br)c(O)c1CCN. The second kappa shape index (κ2) is 3.92. The van der Waals surface area contributed by atoms with Crippen molar-refractivity contribution < 1.29 is 5.11 Å². The average molecular weight is 230 g/mol. The maximum atomic E-state index is 9.61. The molecule has 0 fully saturated rings. The number of aryl methyl sites for hydroxylation is 1. The van der Waals surface area contributed by atoms with Gasteiger partial charge >= 0.3 is 0 Å². The molecule has 3 N–H and O–H groups in total. The topological polar surface area (TPSA) is 46.2 Å². The Bertz CT molecular complexity index is 286. The smallest absolute Gasteiger partial charge is 0.133 e. The van der Waals surface area contributed by atoms with Gasteiger partial charge in [-0.2, -0.15) is 0 Å². The fourth-order valence-electron chi connectivity index (χ4n) is 1.17. The Hall–Kier alpha value is -0.540. The van der Waals surface area contributed by atoms with Gasteiger partial charge in [-0.25, -0.2) is 0 Å². The zero-order chi connectivity index (χ0) is 9.14. The third-order valence-corrected chi connectivity index (χ3v) is 2.50. The number of aromatic hydroxyl groups is 1. The zero-order valence-corrected chi connectivity index (χ0v) is 8.56. The van der Waals surface area contributed by atoms with Crippen molar-refractivity contribution >= 4 is 15.9 Å². The predicted molar refractivity (Wildman–Crippen MR) is 53.3 cm³/mol. The van der Waals surface area contributed by atoms with Gasteiger partial charge in [-0.1, -0.05) is 6.07 Å². The van der Waals surface area contributed by atoms with E-state index in [4.69, 9.17) is 5.73 Å². The van der Waals surface area contributed by atoms with Gasteiger partial charge in [0.2, 0.25) is 0 Å². The van der Waals surface area contributed by atoms with Gasteiger partial charge in [0, 0.05) is 0 Å². The molecule has 0 aliphatic carbocycles. The standard InChI is InChI=1S/C9H12BrNO/c1-6-2-3-8(10)9(12)7(6)4-5-11/h2-3,12H,4-5,11H2,1H3. The summed E-state index contributed by atoms with van der Waals surface area (Å²) in [5.41, 5.74) is 7.44. The van der Waals surface area contributed by atoms with Gasteiger partial charge in [-0.3, -0.25) is 0 Å². The summed E-state index contributed by atoms with van der Waals surface area (Å²) >= 11 is 3.26. The van der Waals surface area contributed by atoms with E-state index in [1.165, 1.54) is 0 Å². The van der Waals surface area contributed by atoms with E-state index in [9.17, 15) is 5.11 Å². The molecule has 0 saturated heterocycles. The highest BCUT2D eigenvalue weighted by Crippen LogP contribution is 2.30. The molecule has 0 bridgehead atoms. The minimum absolute atomic E-state index is 0.320. The van der Waals surface area contributed by atoms with Gasteiger partial charge in [-0.15, -0.1) is 0 Å². The first-order valence-electron chi connectivity index (χ1n) is 3.84. The van der Waals surface area contributed by atoms with E-state index in [2.05, 4.69) is 15.9 Å². The van der Waals surface area contributed by atoms with E-state index in [1.807, 2.05) is 19.1 Å². The van der Waals surface area contributed by atoms with Crippen molar-refractivity contribution in [2.24, 2.45) is 5.73 Å². The molecular formula is C9H12BrNO. The predicted octanol–water partition coefficient (Wildman–Crippen LogP) is 1.96. The van der Waals surface area contributed by atoms with Crippen molar-refractivity contribution in [2.45, 2.75) is 13.3 Å². The van der Waals surface area contributed by atoms with E-state index in [0.29, 0.717) is 12.3 Å². The van der Waals surface area contributed by atoms with Crippen LogP contribution < -0.4 is 5.73 Å². The molecule has 1 rings (SSSR count). The van der Waals surface area contributed by atoms with Crippen molar-refractivity contribution in [3.63, 3.8) is 0 Å². The summed E-state index contributed by atoms with van der Waals surface area (Å²) in [6, 6.07) is 3.81. The van der Waals surface area contributed by atoms with Gasteiger partial charge in [0.15, 0.2) is 0 Å². The van der Waals surface area contributed by atoms with Gasteiger partial charge in [0.1, 0.15) is 5.75 Å². The summed E-state index contributed by atoms with van der Waals surface area (Å²) in [4.78, 5) is 0. The number of phenolic OH excluding ortho intramolecular Hbond substituents is 1. The first-order chi connectivity index (χ1) is 5.66. The third kappa shape index (κ3) is 1.79. The second-order valence-corrected chi connectivity index (χ2v) is 3.58. The summed E-state index contributed by atoms with van der Waals surface area (Å²) in [7, 11) is 0. The summed E-state index contributed by atoms with van der Waals surface area (Å²) in [6.45, 7) is 2.53. The number of hydrogen-bond donors (Lipinski definition) is 2. The molecule has 0 aliphatic rings. The van der Waals surface area contributed by atoms with Crippen LogP contribution in [0.2, 0.25) is 0 Å². The lowest BCUT2D eigenvalue weighted by Gasteiger charge is -2.08.